The first-order valence-electron chi connectivity index (χ1n) is 8.50. The van der Waals surface area contributed by atoms with Crippen molar-refractivity contribution >= 4 is 33.4 Å². The number of benzene rings is 1. The number of aryl methyl sites for hydroxylation is 1. The molecule has 9 heteroatoms. The van der Waals surface area contributed by atoms with Gasteiger partial charge in [0.15, 0.2) is 0 Å². The Balaban J connectivity index is 1.72. The van der Waals surface area contributed by atoms with Crippen molar-refractivity contribution in [1.29, 1.82) is 0 Å². The van der Waals surface area contributed by atoms with Gasteiger partial charge < -0.3 is 10.2 Å². The number of piperazine rings is 1. The lowest BCUT2D eigenvalue weighted by molar-refractivity contribution is 0.384. The molecule has 3 rings (SSSR count). The van der Waals surface area contributed by atoms with Gasteiger partial charge in [-0.2, -0.15) is 9.29 Å². The van der Waals surface area contributed by atoms with Crippen LogP contribution in [0.3, 0.4) is 0 Å². The lowest BCUT2D eigenvalue weighted by Crippen LogP contribution is -2.49. The number of rotatable bonds is 5. The Morgan fingerprint density at radius 3 is 2.38 bits per heavy atom. The van der Waals surface area contributed by atoms with Gasteiger partial charge in [0.1, 0.15) is 5.82 Å². The number of halogens is 1. The van der Waals surface area contributed by atoms with Crippen LogP contribution in [0.1, 0.15) is 12.6 Å². The summed E-state index contributed by atoms with van der Waals surface area (Å²) in [5.41, 5.74) is 0.877. The maximum absolute atomic E-state index is 12.8. The van der Waals surface area contributed by atoms with Crippen molar-refractivity contribution in [1.82, 2.24) is 14.3 Å². The van der Waals surface area contributed by atoms with E-state index in [2.05, 4.69) is 20.2 Å². The van der Waals surface area contributed by atoms with Gasteiger partial charge >= 0.3 is 0 Å². The van der Waals surface area contributed by atoms with E-state index >= 15 is 0 Å². The first-order valence-corrected chi connectivity index (χ1v) is 10.3. The summed E-state index contributed by atoms with van der Waals surface area (Å²) in [4.78, 5) is 11.2. The third-order valence-electron chi connectivity index (χ3n) is 4.19. The Hall–Kier alpha value is -1.90. The summed E-state index contributed by atoms with van der Waals surface area (Å²) >= 11 is 5.85. The summed E-state index contributed by atoms with van der Waals surface area (Å²) in [5.74, 6) is 1.41. The first kappa shape index (κ1) is 18.9. The zero-order valence-corrected chi connectivity index (χ0v) is 16.4. The number of aromatic nitrogens is 2. The molecule has 0 radical (unpaired) electrons. The molecule has 2 heterocycles. The van der Waals surface area contributed by atoms with Crippen LogP contribution in [-0.2, 0) is 10.0 Å². The minimum Gasteiger partial charge on any atom is -0.354 e. The van der Waals surface area contributed by atoms with Crippen LogP contribution in [0.4, 0.5) is 11.8 Å². The van der Waals surface area contributed by atoms with Crippen LogP contribution in [0.2, 0.25) is 5.02 Å². The maximum atomic E-state index is 12.8. The average molecular weight is 396 g/mol. The molecule has 7 nitrogen and oxygen atoms in total. The highest BCUT2D eigenvalue weighted by Crippen LogP contribution is 2.22. The number of anilines is 2. The van der Waals surface area contributed by atoms with Crippen LogP contribution in [0, 0.1) is 6.92 Å². The minimum atomic E-state index is -3.51. The zero-order valence-electron chi connectivity index (χ0n) is 14.8. The molecule has 140 valence electrons. The van der Waals surface area contributed by atoms with E-state index in [0.717, 1.165) is 18.1 Å². The summed E-state index contributed by atoms with van der Waals surface area (Å²) < 4.78 is 27.0. The van der Waals surface area contributed by atoms with E-state index in [0.29, 0.717) is 37.1 Å². The van der Waals surface area contributed by atoms with Gasteiger partial charge in [0.05, 0.1) is 4.90 Å². The fraction of sp³-hybridized carbons (Fsp3) is 0.412. The number of nitrogens with one attached hydrogen (secondary N) is 1. The molecule has 1 N–H and O–H groups in total. The van der Waals surface area contributed by atoms with Crippen LogP contribution in [0.15, 0.2) is 35.2 Å². The van der Waals surface area contributed by atoms with Crippen molar-refractivity contribution in [3.63, 3.8) is 0 Å². The van der Waals surface area contributed by atoms with Gasteiger partial charge in [-0.1, -0.05) is 11.6 Å². The molecule has 2 aromatic rings. The highest BCUT2D eigenvalue weighted by atomic mass is 35.5. The van der Waals surface area contributed by atoms with Crippen molar-refractivity contribution in [2.24, 2.45) is 0 Å². The topological polar surface area (TPSA) is 78.4 Å². The van der Waals surface area contributed by atoms with Crippen molar-refractivity contribution in [3.05, 3.63) is 41.0 Å². The van der Waals surface area contributed by atoms with Gasteiger partial charge in [-0.05, 0) is 38.1 Å². The first-order chi connectivity index (χ1) is 12.4. The van der Waals surface area contributed by atoms with Gasteiger partial charge in [-0.15, -0.1) is 0 Å². The van der Waals surface area contributed by atoms with E-state index in [1.807, 2.05) is 19.9 Å². The van der Waals surface area contributed by atoms with E-state index in [1.54, 1.807) is 24.3 Å². The summed E-state index contributed by atoms with van der Waals surface area (Å²) in [6.07, 6.45) is 0. The predicted molar refractivity (Wildman–Crippen MR) is 103 cm³/mol. The lowest BCUT2D eigenvalue weighted by Gasteiger charge is -2.34. The largest absolute Gasteiger partial charge is 0.354 e. The molecule has 0 bridgehead atoms. The fourth-order valence-corrected chi connectivity index (χ4v) is 4.41. The number of hydrogen-bond donors (Lipinski definition) is 1. The van der Waals surface area contributed by atoms with E-state index in [9.17, 15) is 8.42 Å². The van der Waals surface area contributed by atoms with Gasteiger partial charge in [-0.25, -0.2) is 13.4 Å². The van der Waals surface area contributed by atoms with Gasteiger partial charge in [-0.3, -0.25) is 0 Å². The van der Waals surface area contributed by atoms with Gasteiger partial charge in [0.2, 0.25) is 16.0 Å². The van der Waals surface area contributed by atoms with Crippen LogP contribution in [0.5, 0.6) is 0 Å². The normalized spacial score (nSPS) is 15.9. The second-order valence-corrected chi connectivity index (χ2v) is 8.44. The molecule has 1 aliphatic rings. The summed E-state index contributed by atoms with van der Waals surface area (Å²) in [5, 5.41) is 3.64. The molecular formula is C17H22ClN5O2S. The van der Waals surface area contributed by atoms with E-state index in [4.69, 9.17) is 11.6 Å². The Morgan fingerprint density at radius 1 is 1.12 bits per heavy atom. The predicted octanol–water partition coefficient (Wildman–Crippen LogP) is 2.38. The smallest absolute Gasteiger partial charge is 0.243 e. The van der Waals surface area contributed by atoms with Crippen LogP contribution < -0.4 is 10.2 Å². The second kappa shape index (κ2) is 7.77. The molecule has 0 atom stereocenters. The van der Waals surface area contributed by atoms with Crippen LogP contribution >= 0.6 is 11.6 Å². The molecule has 1 aromatic carbocycles. The van der Waals surface area contributed by atoms with Crippen LogP contribution in [0.25, 0.3) is 0 Å². The number of nitrogens with zero attached hydrogens (tertiary/aromatic N) is 4. The molecule has 0 unspecified atom stereocenters. The Labute approximate surface area is 159 Å². The van der Waals surface area contributed by atoms with Crippen molar-refractivity contribution in [3.8, 4) is 0 Å². The van der Waals surface area contributed by atoms with E-state index in [1.165, 1.54) is 4.31 Å². The van der Waals surface area contributed by atoms with Crippen molar-refractivity contribution < 1.29 is 8.42 Å². The summed E-state index contributed by atoms with van der Waals surface area (Å²) in [6, 6.07) is 8.19. The maximum Gasteiger partial charge on any atom is 0.243 e. The molecule has 0 amide bonds. The summed E-state index contributed by atoms with van der Waals surface area (Å²) in [7, 11) is -3.51. The van der Waals surface area contributed by atoms with E-state index < -0.39 is 10.0 Å². The van der Waals surface area contributed by atoms with Gasteiger partial charge in [0, 0.05) is 49.5 Å². The minimum absolute atomic E-state index is 0.266. The Kier molecular flexibility index (Phi) is 5.64. The highest BCUT2D eigenvalue weighted by molar-refractivity contribution is 7.89. The van der Waals surface area contributed by atoms with Gasteiger partial charge in [0.25, 0.3) is 0 Å². The quantitative estimate of drug-likeness (QED) is 0.837. The Morgan fingerprint density at radius 2 is 1.77 bits per heavy atom. The molecule has 0 saturated carbocycles. The van der Waals surface area contributed by atoms with Crippen LogP contribution in [-0.4, -0.2) is 55.4 Å². The number of sulfonamides is 1. The standard InChI is InChI=1S/C17H22ClN5O2S/c1-3-19-17-20-13(2)12-16(21-17)22-8-10-23(11-9-22)26(24,25)15-6-4-14(18)5-7-15/h4-7,12H,3,8-11H2,1-2H3,(H,19,20,21). The third kappa shape index (κ3) is 4.08. The molecule has 26 heavy (non-hydrogen) atoms. The molecular weight excluding hydrogens is 374 g/mol. The lowest BCUT2D eigenvalue weighted by atomic mass is 10.3. The molecule has 0 aliphatic carbocycles. The van der Waals surface area contributed by atoms with E-state index in [-0.39, 0.29) is 4.90 Å². The summed E-state index contributed by atoms with van der Waals surface area (Å²) in [6.45, 7) is 6.63. The highest BCUT2D eigenvalue weighted by Gasteiger charge is 2.29. The zero-order chi connectivity index (χ0) is 18.7. The fourth-order valence-electron chi connectivity index (χ4n) is 2.86. The molecule has 1 saturated heterocycles. The van der Waals surface area contributed by atoms with Crippen molar-refractivity contribution in [2.45, 2.75) is 18.7 Å². The molecule has 1 aromatic heterocycles. The third-order valence-corrected chi connectivity index (χ3v) is 6.35. The second-order valence-electron chi connectivity index (χ2n) is 6.07. The number of hydrogen-bond acceptors (Lipinski definition) is 6. The molecule has 1 aliphatic heterocycles. The SMILES string of the molecule is CCNc1nc(C)cc(N2CCN(S(=O)(=O)c3ccc(Cl)cc3)CC2)n1. The average Bonchev–Trinajstić information content (AvgIpc) is 2.62. The van der Waals surface area contributed by atoms with Crippen molar-refractivity contribution in [2.75, 3.05) is 42.9 Å². The Bertz CT molecular complexity index is 865. The monoisotopic (exact) mass is 395 g/mol. The molecule has 1 fully saturated rings. The molecule has 0 spiro atoms.